The zero-order valence-corrected chi connectivity index (χ0v) is 17.2. The number of hydrogen-bond acceptors (Lipinski definition) is 7. The second-order valence-corrected chi connectivity index (χ2v) is 7.75. The number of rotatable bonds is 5. The van der Waals surface area contributed by atoms with Crippen LogP contribution >= 0.6 is 0 Å². The van der Waals surface area contributed by atoms with Crippen LogP contribution in [0.15, 0.2) is 49.3 Å². The Balaban J connectivity index is 1.33. The van der Waals surface area contributed by atoms with Gasteiger partial charge < -0.3 is 10.2 Å². The van der Waals surface area contributed by atoms with E-state index in [9.17, 15) is 0 Å². The fourth-order valence-corrected chi connectivity index (χ4v) is 3.86. The van der Waals surface area contributed by atoms with Gasteiger partial charge in [-0.25, -0.2) is 15.0 Å². The molecule has 0 amide bonds. The summed E-state index contributed by atoms with van der Waals surface area (Å²) < 4.78 is 2.00. The summed E-state index contributed by atoms with van der Waals surface area (Å²) in [7, 11) is 0. The summed E-state index contributed by atoms with van der Waals surface area (Å²) in [6, 6.07) is 4.71. The monoisotopic (exact) mass is 403 g/mol. The molecule has 0 atom stereocenters. The van der Waals surface area contributed by atoms with Gasteiger partial charge in [0.1, 0.15) is 5.82 Å². The molecule has 5 heterocycles. The number of anilines is 3. The third-order valence-electron chi connectivity index (χ3n) is 5.60. The molecule has 4 aromatic heterocycles. The standard InChI is InChI=1S/C21H25N9/c1-15(2)28-7-9-29(10-8-28)19-4-3-17(13-23-19)27-20-21-22-5-6-30(21)18(14-24-20)16-11-25-26-12-16/h3-6,11-15H,7-10H2,1-2H3,(H,24,27)(H,25,26). The molecule has 9 heteroatoms. The highest BCUT2D eigenvalue weighted by Crippen LogP contribution is 2.25. The maximum absolute atomic E-state index is 4.67. The Bertz CT molecular complexity index is 1110. The van der Waals surface area contributed by atoms with Crippen molar-refractivity contribution in [1.82, 2.24) is 34.4 Å². The summed E-state index contributed by atoms with van der Waals surface area (Å²) in [5, 5.41) is 10.2. The number of nitrogens with one attached hydrogen (secondary N) is 2. The van der Waals surface area contributed by atoms with Crippen molar-refractivity contribution in [2.45, 2.75) is 19.9 Å². The molecule has 1 saturated heterocycles. The SMILES string of the molecule is CC(C)N1CCN(c2ccc(Nc3ncc(-c4cn[nH]c4)n4ccnc34)cn2)CC1. The number of nitrogens with zero attached hydrogens (tertiary/aromatic N) is 7. The molecule has 1 fully saturated rings. The fourth-order valence-electron chi connectivity index (χ4n) is 3.86. The topological polar surface area (TPSA) is 90.3 Å². The van der Waals surface area contributed by atoms with Crippen molar-refractivity contribution in [1.29, 1.82) is 0 Å². The van der Waals surface area contributed by atoms with Gasteiger partial charge >= 0.3 is 0 Å². The van der Waals surface area contributed by atoms with Gasteiger partial charge in [-0.05, 0) is 26.0 Å². The van der Waals surface area contributed by atoms with Crippen LogP contribution in [0.25, 0.3) is 16.9 Å². The zero-order valence-electron chi connectivity index (χ0n) is 17.2. The van der Waals surface area contributed by atoms with Crippen LogP contribution in [0.4, 0.5) is 17.3 Å². The summed E-state index contributed by atoms with van der Waals surface area (Å²) in [4.78, 5) is 18.6. The van der Waals surface area contributed by atoms with Crippen LogP contribution in [0, 0.1) is 0 Å². The van der Waals surface area contributed by atoms with E-state index in [1.807, 2.05) is 35.3 Å². The predicted octanol–water partition coefficient (Wildman–Crippen LogP) is 2.79. The lowest BCUT2D eigenvalue weighted by Crippen LogP contribution is -2.49. The van der Waals surface area contributed by atoms with Gasteiger partial charge in [0.2, 0.25) is 0 Å². The van der Waals surface area contributed by atoms with E-state index >= 15 is 0 Å². The van der Waals surface area contributed by atoms with Gasteiger partial charge in [-0.2, -0.15) is 5.10 Å². The largest absolute Gasteiger partial charge is 0.354 e. The molecule has 1 aliphatic rings. The lowest BCUT2D eigenvalue weighted by Gasteiger charge is -2.37. The molecule has 1 aliphatic heterocycles. The van der Waals surface area contributed by atoms with Crippen LogP contribution < -0.4 is 10.2 Å². The molecule has 9 nitrogen and oxygen atoms in total. The summed E-state index contributed by atoms with van der Waals surface area (Å²) in [5.41, 5.74) is 3.52. The quantitative estimate of drug-likeness (QED) is 0.529. The van der Waals surface area contributed by atoms with Crippen LogP contribution in [0.2, 0.25) is 0 Å². The predicted molar refractivity (Wildman–Crippen MR) is 117 cm³/mol. The van der Waals surface area contributed by atoms with Crippen molar-refractivity contribution in [2.24, 2.45) is 0 Å². The van der Waals surface area contributed by atoms with Gasteiger partial charge in [0.15, 0.2) is 11.5 Å². The molecule has 30 heavy (non-hydrogen) atoms. The highest BCUT2D eigenvalue weighted by Gasteiger charge is 2.19. The van der Waals surface area contributed by atoms with E-state index < -0.39 is 0 Å². The highest BCUT2D eigenvalue weighted by molar-refractivity contribution is 5.73. The average Bonchev–Trinajstić information content (AvgIpc) is 3.47. The second-order valence-electron chi connectivity index (χ2n) is 7.75. The van der Waals surface area contributed by atoms with Crippen molar-refractivity contribution in [3.8, 4) is 11.3 Å². The van der Waals surface area contributed by atoms with Gasteiger partial charge in [-0.3, -0.25) is 14.4 Å². The van der Waals surface area contributed by atoms with E-state index in [0.29, 0.717) is 11.9 Å². The third-order valence-corrected chi connectivity index (χ3v) is 5.60. The first-order valence-corrected chi connectivity index (χ1v) is 10.2. The maximum Gasteiger partial charge on any atom is 0.180 e. The molecule has 154 valence electrons. The van der Waals surface area contributed by atoms with Crippen molar-refractivity contribution in [3.63, 3.8) is 0 Å². The molecular formula is C21H25N9. The van der Waals surface area contributed by atoms with Crippen molar-refractivity contribution in [2.75, 3.05) is 36.4 Å². The molecule has 0 aliphatic carbocycles. The van der Waals surface area contributed by atoms with Crippen molar-refractivity contribution < 1.29 is 0 Å². The molecule has 0 aromatic carbocycles. The van der Waals surface area contributed by atoms with Gasteiger partial charge in [0.05, 0.1) is 30.0 Å². The Labute approximate surface area is 174 Å². The number of fused-ring (bicyclic) bond motifs is 1. The first-order valence-electron chi connectivity index (χ1n) is 10.2. The number of pyridine rings is 1. The molecule has 5 rings (SSSR count). The Kier molecular flexibility index (Phi) is 4.80. The van der Waals surface area contributed by atoms with Crippen LogP contribution in [0.5, 0.6) is 0 Å². The van der Waals surface area contributed by atoms with E-state index in [1.54, 1.807) is 12.4 Å². The van der Waals surface area contributed by atoms with Gasteiger partial charge in [0.25, 0.3) is 0 Å². The lowest BCUT2D eigenvalue weighted by molar-refractivity contribution is 0.209. The van der Waals surface area contributed by atoms with E-state index in [1.165, 1.54) is 0 Å². The number of hydrogen-bond donors (Lipinski definition) is 2. The summed E-state index contributed by atoms with van der Waals surface area (Å²) in [6.07, 6.45) is 11.0. The Morgan fingerprint density at radius 2 is 1.87 bits per heavy atom. The summed E-state index contributed by atoms with van der Waals surface area (Å²) in [5.74, 6) is 1.70. The molecular weight excluding hydrogens is 378 g/mol. The second kappa shape index (κ2) is 7.75. The van der Waals surface area contributed by atoms with E-state index in [2.05, 4.69) is 60.2 Å². The zero-order chi connectivity index (χ0) is 20.5. The van der Waals surface area contributed by atoms with Crippen LogP contribution in [-0.2, 0) is 0 Å². The molecule has 0 bridgehead atoms. The lowest BCUT2D eigenvalue weighted by atomic mass is 10.2. The Morgan fingerprint density at radius 1 is 1.00 bits per heavy atom. The van der Waals surface area contributed by atoms with Gasteiger partial charge in [-0.1, -0.05) is 0 Å². The number of aromatic nitrogens is 6. The minimum absolute atomic E-state index is 0.596. The van der Waals surface area contributed by atoms with E-state index in [0.717, 1.165) is 54.6 Å². The van der Waals surface area contributed by atoms with Gasteiger partial charge in [0, 0.05) is 56.4 Å². The van der Waals surface area contributed by atoms with Gasteiger partial charge in [-0.15, -0.1) is 0 Å². The minimum Gasteiger partial charge on any atom is -0.354 e. The van der Waals surface area contributed by atoms with Crippen LogP contribution in [-0.4, -0.2) is 66.7 Å². The first kappa shape index (κ1) is 18.6. The Morgan fingerprint density at radius 3 is 2.57 bits per heavy atom. The maximum atomic E-state index is 4.67. The third kappa shape index (κ3) is 3.48. The molecule has 2 N–H and O–H groups in total. The normalized spacial score (nSPS) is 15.2. The smallest absolute Gasteiger partial charge is 0.180 e. The number of H-pyrrole nitrogens is 1. The van der Waals surface area contributed by atoms with E-state index in [-0.39, 0.29) is 0 Å². The number of aromatic amines is 1. The molecule has 0 radical (unpaired) electrons. The molecule has 0 unspecified atom stereocenters. The number of piperazine rings is 1. The summed E-state index contributed by atoms with van der Waals surface area (Å²) >= 11 is 0. The van der Waals surface area contributed by atoms with Crippen molar-refractivity contribution >= 4 is 23.0 Å². The van der Waals surface area contributed by atoms with Crippen molar-refractivity contribution in [3.05, 3.63) is 49.3 Å². The average molecular weight is 403 g/mol. The first-order chi connectivity index (χ1) is 14.7. The molecule has 0 spiro atoms. The van der Waals surface area contributed by atoms with E-state index in [4.69, 9.17) is 0 Å². The van der Waals surface area contributed by atoms with Crippen LogP contribution in [0.1, 0.15) is 13.8 Å². The molecule has 4 aromatic rings. The molecule has 0 saturated carbocycles. The summed E-state index contributed by atoms with van der Waals surface area (Å²) in [6.45, 7) is 8.66. The highest BCUT2D eigenvalue weighted by atomic mass is 15.3. The fraction of sp³-hybridized carbons (Fsp3) is 0.333. The van der Waals surface area contributed by atoms with Crippen LogP contribution in [0.3, 0.4) is 0 Å². The number of imidazole rings is 1. The Hall–Kier alpha value is -3.46. The minimum atomic E-state index is 0.596.